The lowest BCUT2D eigenvalue weighted by Gasteiger charge is -2.29. The minimum absolute atomic E-state index is 0.0978. The highest BCUT2D eigenvalue weighted by Crippen LogP contribution is 2.44. The predicted molar refractivity (Wildman–Crippen MR) is 160 cm³/mol. The second kappa shape index (κ2) is 10.7. The van der Waals surface area contributed by atoms with Crippen LogP contribution in [0, 0.1) is 5.41 Å². The van der Waals surface area contributed by atoms with Gasteiger partial charge < -0.3 is 24.8 Å². The Morgan fingerprint density at radius 2 is 1.87 bits per heavy atom. The third-order valence-electron chi connectivity index (χ3n) is 6.66. The fourth-order valence-corrected chi connectivity index (χ4v) is 5.20. The molecule has 1 amide bonds. The molecule has 1 aliphatic heterocycles. The second-order valence-corrected chi connectivity index (χ2v) is 11.2. The first-order valence-electron chi connectivity index (χ1n) is 12.6. The van der Waals surface area contributed by atoms with Crippen LogP contribution in [0.2, 0.25) is 5.02 Å². The number of anilines is 2. The van der Waals surface area contributed by atoms with Crippen LogP contribution in [0.25, 0.3) is 5.69 Å². The van der Waals surface area contributed by atoms with Crippen LogP contribution in [0.4, 0.5) is 11.4 Å². The molecular formula is C30H30ClN5O2S. The molecule has 0 saturated carbocycles. The van der Waals surface area contributed by atoms with E-state index >= 15 is 0 Å². The molecule has 1 fully saturated rings. The summed E-state index contributed by atoms with van der Waals surface area (Å²) in [6.07, 6.45) is 3.80. The highest BCUT2D eigenvalue weighted by Gasteiger charge is 2.42. The van der Waals surface area contributed by atoms with Crippen molar-refractivity contribution in [3.05, 3.63) is 102 Å². The Morgan fingerprint density at radius 1 is 1.05 bits per heavy atom. The molecule has 2 N–H and O–H groups in total. The number of halogens is 1. The van der Waals surface area contributed by atoms with Crippen LogP contribution in [-0.2, 0) is 4.79 Å². The van der Waals surface area contributed by atoms with Crippen molar-refractivity contribution in [3.63, 3.8) is 0 Å². The summed E-state index contributed by atoms with van der Waals surface area (Å²) in [6, 6.07) is 22.9. The first kappa shape index (κ1) is 26.7. The third-order valence-corrected chi connectivity index (χ3v) is 7.21. The molecule has 0 spiro atoms. The summed E-state index contributed by atoms with van der Waals surface area (Å²) in [4.78, 5) is 19.4. The Labute approximate surface area is 238 Å². The van der Waals surface area contributed by atoms with E-state index in [-0.39, 0.29) is 18.0 Å². The molecule has 3 heterocycles. The molecule has 4 aromatic rings. The number of nitrogens with zero attached hydrogens (tertiary/aromatic N) is 3. The largest absolute Gasteiger partial charge is 0.494 e. The maximum atomic E-state index is 12.7. The van der Waals surface area contributed by atoms with Gasteiger partial charge in [-0.2, -0.15) is 0 Å². The molecule has 39 heavy (non-hydrogen) atoms. The molecule has 7 nitrogen and oxygen atoms in total. The number of carbonyl (C=O) groups excluding carboxylic acids is 1. The Hall–Kier alpha value is -3.88. The maximum Gasteiger partial charge on any atom is 0.229 e. The zero-order valence-electron chi connectivity index (χ0n) is 22.2. The van der Waals surface area contributed by atoms with Gasteiger partial charge in [0.2, 0.25) is 5.91 Å². The van der Waals surface area contributed by atoms with Gasteiger partial charge in [0.1, 0.15) is 11.8 Å². The number of carbonyl (C=O) groups is 1. The smallest absolute Gasteiger partial charge is 0.229 e. The van der Waals surface area contributed by atoms with Gasteiger partial charge >= 0.3 is 0 Å². The Kier molecular flexibility index (Phi) is 7.34. The second-order valence-electron chi connectivity index (χ2n) is 10.4. The number of aromatic nitrogens is 2. The minimum atomic E-state index is -0.545. The number of nitrogens with one attached hydrogen (secondary N) is 2. The van der Waals surface area contributed by atoms with Crippen LogP contribution < -0.4 is 20.3 Å². The van der Waals surface area contributed by atoms with Gasteiger partial charge in [-0.15, -0.1) is 0 Å². The third kappa shape index (κ3) is 5.35. The van der Waals surface area contributed by atoms with Gasteiger partial charge in [-0.3, -0.25) is 9.78 Å². The lowest BCUT2D eigenvalue weighted by molar-refractivity contribution is -0.123. The molecule has 1 saturated heterocycles. The van der Waals surface area contributed by atoms with E-state index in [9.17, 15) is 4.79 Å². The number of benzene rings is 2. The zero-order valence-corrected chi connectivity index (χ0v) is 23.8. The summed E-state index contributed by atoms with van der Waals surface area (Å²) in [5.74, 6) is 0.442. The quantitative estimate of drug-likeness (QED) is 0.256. The molecule has 5 rings (SSSR count). The Balaban J connectivity index is 1.61. The first-order chi connectivity index (χ1) is 18.7. The fraction of sp³-hybridized carbons (Fsp3) is 0.233. The number of hydrogen-bond donors (Lipinski definition) is 2. The minimum Gasteiger partial charge on any atom is -0.494 e. The lowest BCUT2D eigenvalue weighted by Crippen LogP contribution is -2.30. The highest BCUT2D eigenvalue weighted by molar-refractivity contribution is 7.80. The van der Waals surface area contributed by atoms with E-state index < -0.39 is 5.41 Å². The van der Waals surface area contributed by atoms with Crippen LogP contribution >= 0.6 is 23.8 Å². The summed E-state index contributed by atoms with van der Waals surface area (Å²) < 4.78 is 7.82. The standard InChI is InChI=1S/C30H30ClN5O2S/c1-30(2,3)28(37)33-22-14-13-21(18-25(22)38-4)36-27(26(34-29(36)39)23-11-5-6-15-32-23)24-12-8-16-35(24)20-10-7-9-19(31)17-20/h5-18,26-27H,1-4H3,(H,33,37)(H,34,39)/t26-,27-/m1/s1. The molecule has 2 aromatic heterocycles. The van der Waals surface area contributed by atoms with Crippen molar-refractivity contribution >= 4 is 46.2 Å². The van der Waals surface area contributed by atoms with Crippen molar-refractivity contribution in [2.45, 2.75) is 32.9 Å². The van der Waals surface area contributed by atoms with Gasteiger partial charge in [0.25, 0.3) is 0 Å². The van der Waals surface area contributed by atoms with Gasteiger partial charge in [0, 0.05) is 46.0 Å². The number of ether oxygens (including phenoxy) is 1. The average Bonchev–Trinajstić information content (AvgIpc) is 3.53. The molecule has 0 aliphatic carbocycles. The van der Waals surface area contributed by atoms with Crippen molar-refractivity contribution in [3.8, 4) is 11.4 Å². The monoisotopic (exact) mass is 559 g/mol. The summed E-state index contributed by atoms with van der Waals surface area (Å²) >= 11 is 12.3. The molecule has 1 aliphatic rings. The van der Waals surface area contributed by atoms with Crippen LogP contribution in [-0.4, -0.2) is 27.7 Å². The lowest BCUT2D eigenvalue weighted by atomic mass is 9.95. The van der Waals surface area contributed by atoms with Crippen molar-refractivity contribution in [1.29, 1.82) is 0 Å². The molecule has 0 unspecified atom stereocenters. The van der Waals surface area contributed by atoms with Crippen molar-refractivity contribution in [2.75, 3.05) is 17.3 Å². The molecule has 2 aromatic carbocycles. The van der Waals surface area contributed by atoms with Crippen molar-refractivity contribution < 1.29 is 9.53 Å². The fourth-order valence-electron chi connectivity index (χ4n) is 4.67. The van der Waals surface area contributed by atoms with Crippen LogP contribution in [0.15, 0.2) is 85.2 Å². The van der Waals surface area contributed by atoms with E-state index in [0.29, 0.717) is 21.6 Å². The molecule has 9 heteroatoms. The predicted octanol–water partition coefficient (Wildman–Crippen LogP) is 6.70. The number of pyridine rings is 1. The first-order valence-corrected chi connectivity index (χ1v) is 13.4. The Bertz CT molecular complexity index is 1520. The molecular weight excluding hydrogens is 530 g/mol. The number of thiocarbonyl (C=S) groups is 1. The van der Waals surface area contributed by atoms with Gasteiger partial charge in [-0.05, 0) is 66.8 Å². The van der Waals surface area contributed by atoms with E-state index in [1.54, 1.807) is 13.3 Å². The number of methoxy groups -OCH3 is 1. The summed E-state index contributed by atoms with van der Waals surface area (Å²) in [6.45, 7) is 5.61. The highest BCUT2D eigenvalue weighted by atomic mass is 35.5. The zero-order chi connectivity index (χ0) is 27.7. The summed E-state index contributed by atoms with van der Waals surface area (Å²) in [7, 11) is 1.59. The van der Waals surface area contributed by atoms with Crippen molar-refractivity contribution in [1.82, 2.24) is 14.9 Å². The molecule has 0 radical (unpaired) electrons. The summed E-state index contributed by atoms with van der Waals surface area (Å²) in [5, 5.41) is 7.69. The van der Waals surface area contributed by atoms with Gasteiger partial charge in [0.05, 0.1) is 24.5 Å². The maximum absolute atomic E-state index is 12.7. The normalized spacial score (nSPS) is 17.2. The number of amides is 1. The summed E-state index contributed by atoms with van der Waals surface area (Å²) in [5.41, 5.74) is 3.69. The SMILES string of the molecule is COc1cc(N2C(=S)N[C@H](c3ccccn3)[C@H]2c2cccn2-c2cccc(Cl)c2)ccc1NC(=O)C(C)(C)C. The topological polar surface area (TPSA) is 71.4 Å². The van der Waals surface area contributed by atoms with E-state index in [1.807, 2.05) is 93.7 Å². The average molecular weight is 560 g/mol. The Morgan fingerprint density at radius 3 is 2.56 bits per heavy atom. The van der Waals surface area contributed by atoms with Gasteiger partial charge in [-0.25, -0.2) is 0 Å². The van der Waals surface area contributed by atoms with Crippen LogP contribution in [0.3, 0.4) is 0 Å². The van der Waals surface area contributed by atoms with E-state index in [1.165, 1.54) is 0 Å². The molecule has 200 valence electrons. The van der Waals surface area contributed by atoms with E-state index in [2.05, 4.69) is 31.2 Å². The van der Waals surface area contributed by atoms with Gasteiger partial charge in [-0.1, -0.05) is 44.5 Å². The van der Waals surface area contributed by atoms with Crippen LogP contribution in [0.5, 0.6) is 5.75 Å². The van der Waals surface area contributed by atoms with E-state index in [4.69, 9.17) is 28.6 Å². The number of hydrogen-bond acceptors (Lipinski definition) is 4. The molecule has 2 atom stereocenters. The van der Waals surface area contributed by atoms with Crippen molar-refractivity contribution in [2.24, 2.45) is 5.41 Å². The van der Waals surface area contributed by atoms with Crippen LogP contribution in [0.1, 0.15) is 44.2 Å². The molecule has 0 bridgehead atoms. The van der Waals surface area contributed by atoms with E-state index in [0.717, 1.165) is 22.8 Å². The number of rotatable bonds is 6. The van der Waals surface area contributed by atoms with Gasteiger partial charge in [0.15, 0.2) is 5.11 Å².